The van der Waals surface area contributed by atoms with Crippen molar-refractivity contribution in [1.29, 1.82) is 0 Å². The molecule has 2 fully saturated rings. The second kappa shape index (κ2) is 3.94. The van der Waals surface area contributed by atoms with Gasteiger partial charge in [-0.1, -0.05) is 20.8 Å². The van der Waals surface area contributed by atoms with Crippen molar-refractivity contribution in [3.63, 3.8) is 0 Å². The van der Waals surface area contributed by atoms with Crippen LogP contribution in [0.2, 0.25) is 0 Å². The van der Waals surface area contributed by atoms with Crippen LogP contribution < -0.4 is 5.32 Å². The van der Waals surface area contributed by atoms with Crippen molar-refractivity contribution in [3.8, 4) is 0 Å². The minimum Gasteiger partial charge on any atom is -0.379 e. The first-order valence-electron chi connectivity index (χ1n) is 7.04. The van der Waals surface area contributed by atoms with Crippen molar-refractivity contribution in [2.45, 2.75) is 46.1 Å². The first kappa shape index (κ1) is 12.9. The smallest absolute Gasteiger partial charge is 0.146 e. The Hall–Kier alpha value is -1.12. The molecule has 1 aromatic carbocycles. The first-order valence-corrected chi connectivity index (χ1v) is 7.04. The Bertz CT molecular complexity index is 507. The van der Waals surface area contributed by atoms with E-state index in [1.165, 1.54) is 31.4 Å². The number of fused-ring (bicyclic) bond motifs is 2. The molecule has 0 heterocycles. The second-order valence-corrected chi connectivity index (χ2v) is 7.12. The van der Waals surface area contributed by atoms with Gasteiger partial charge in [-0.15, -0.1) is 0 Å². The number of hydrogen-bond donors (Lipinski definition) is 1. The van der Waals surface area contributed by atoms with Gasteiger partial charge in [-0.2, -0.15) is 0 Å². The summed E-state index contributed by atoms with van der Waals surface area (Å²) in [5.74, 6) is -0.0785. The molecule has 0 aromatic heterocycles. The summed E-state index contributed by atoms with van der Waals surface area (Å²) in [6.07, 6.45) is 3.62. The molecule has 2 saturated carbocycles. The van der Waals surface area contributed by atoms with Gasteiger partial charge >= 0.3 is 0 Å². The van der Waals surface area contributed by atoms with E-state index >= 15 is 0 Å². The minimum atomic E-state index is -0.394. The lowest BCUT2D eigenvalue weighted by Crippen LogP contribution is -2.46. The molecule has 1 unspecified atom stereocenters. The third-order valence-corrected chi connectivity index (χ3v) is 5.50. The predicted octanol–water partition coefficient (Wildman–Crippen LogP) is 4.59. The van der Waals surface area contributed by atoms with E-state index in [0.717, 1.165) is 6.07 Å². The zero-order chi connectivity index (χ0) is 13.8. The largest absolute Gasteiger partial charge is 0.379 e. The van der Waals surface area contributed by atoms with Crippen LogP contribution in [0, 0.1) is 28.4 Å². The summed E-state index contributed by atoms with van der Waals surface area (Å²) in [7, 11) is 0. The highest BCUT2D eigenvalue weighted by molar-refractivity contribution is 5.47. The SMILES string of the molecule is CC1(C)C(Nc2cc(F)ccc2F)[C@]2(C)CC[C@H]1C2. The Kier molecular flexibility index (Phi) is 2.67. The van der Waals surface area contributed by atoms with Gasteiger partial charge in [-0.05, 0) is 54.2 Å². The normalized spacial score (nSPS) is 35.6. The molecule has 1 aromatic rings. The lowest BCUT2D eigenvalue weighted by molar-refractivity contribution is 0.155. The molecule has 1 nitrogen and oxygen atoms in total. The molecular formula is C16H21F2N. The molecule has 3 atom stereocenters. The molecule has 1 N–H and O–H groups in total. The van der Waals surface area contributed by atoms with Crippen LogP contribution in [-0.2, 0) is 0 Å². The fourth-order valence-corrected chi connectivity index (χ4v) is 4.43. The lowest BCUT2D eigenvalue weighted by atomic mass is 9.68. The Morgan fingerprint density at radius 3 is 2.58 bits per heavy atom. The number of rotatable bonds is 2. The molecular weight excluding hydrogens is 244 g/mol. The van der Waals surface area contributed by atoms with E-state index in [4.69, 9.17) is 0 Å². The monoisotopic (exact) mass is 265 g/mol. The summed E-state index contributed by atoms with van der Waals surface area (Å²) in [5, 5.41) is 3.30. The van der Waals surface area contributed by atoms with Gasteiger partial charge in [0.1, 0.15) is 11.6 Å². The minimum absolute atomic E-state index is 0.131. The Balaban J connectivity index is 1.92. The number of hydrogen-bond acceptors (Lipinski definition) is 1. The highest BCUT2D eigenvalue weighted by Crippen LogP contribution is 2.63. The molecule has 3 rings (SSSR count). The summed E-state index contributed by atoms with van der Waals surface area (Å²) in [4.78, 5) is 0. The van der Waals surface area contributed by atoms with E-state index in [1.807, 2.05) is 0 Å². The molecule has 19 heavy (non-hydrogen) atoms. The highest BCUT2D eigenvalue weighted by Gasteiger charge is 2.59. The zero-order valence-electron chi connectivity index (χ0n) is 11.8. The number of benzene rings is 1. The molecule has 2 aliphatic carbocycles. The molecule has 0 radical (unpaired) electrons. The van der Waals surface area contributed by atoms with E-state index in [1.54, 1.807) is 0 Å². The van der Waals surface area contributed by atoms with Crippen molar-refractivity contribution in [2.75, 3.05) is 5.32 Å². The first-order chi connectivity index (χ1) is 8.83. The van der Waals surface area contributed by atoms with Crippen LogP contribution in [0.25, 0.3) is 0 Å². The highest BCUT2D eigenvalue weighted by atomic mass is 19.1. The van der Waals surface area contributed by atoms with Crippen molar-refractivity contribution in [2.24, 2.45) is 16.7 Å². The summed E-state index contributed by atoms with van der Waals surface area (Å²) in [5.41, 5.74) is 0.630. The fraction of sp³-hybridized carbons (Fsp3) is 0.625. The Morgan fingerprint density at radius 1 is 1.21 bits per heavy atom. The summed E-state index contributed by atoms with van der Waals surface area (Å²) in [6.45, 7) is 6.77. The Labute approximate surface area is 113 Å². The maximum absolute atomic E-state index is 13.8. The molecule has 3 heteroatoms. The molecule has 104 valence electrons. The van der Waals surface area contributed by atoms with Crippen LogP contribution in [0.15, 0.2) is 18.2 Å². The van der Waals surface area contributed by atoms with Gasteiger partial charge < -0.3 is 5.32 Å². The molecule has 0 spiro atoms. The van der Waals surface area contributed by atoms with Crippen molar-refractivity contribution in [3.05, 3.63) is 29.8 Å². The van der Waals surface area contributed by atoms with Crippen LogP contribution in [0.5, 0.6) is 0 Å². The standard InChI is InChI=1S/C16H21F2N/c1-15(2)10-6-7-16(3,9-10)14(15)19-13-8-11(17)4-5-12(13)18/h4-5,8,10,14,19H,6-7,9H2,1-3H3/t10-,14?,16+/m0/s1. The van der Waals surface area contributed by atoms with E-state index < -0.39 is 5.82 Å². The van der Waals surface area contributed by atoms with Crippen LogP contribution in [0.4, 0.5) is 14.5 Å². The number of anilines is 1. The average molecular weight is 265 g/mol. The summed E-state index contributed by atoms with van der Waals surface area (Å²) in [6, 6.07) is 3.82. The van der Waals surface area contributed by atoms with Crippen LogP contribution in [-0.4, -0.2) is 6.04 Å². The predicted molar refractivity (Wildman–Crippen MR) is 73.0 cm³/mol. The Morgan fingerprint density at radius 2 is 1.95 bits per heavy atom. The van der Waals surface area contributed by atoms with Gasteiger partial charge in [0.05, 0.1) is 5.69 Å². The summed E-state index contributed by atoms with van der Waals surface area (Å²) < 4.78 is 27.1. The van der Waals surface area contributed by atoms with E-state index in [0.29, 0.717) is 11.6 Å². The molecule has 2 bridgehead atoms. The van der Waals surface area contributed by atoms with Crippen molar-refractivity contribution >= 4 is 5.69 Å². The van der Waals surface area contributed by atoms with Gasteiger partial charge in [0, 0.05) is 6.04 Å². The number of nitrogens with one attached hydrogen (secondary N) is 1. The van der Waals surface area contributed by atoms with Gasteiger partial charge in [-0.25, -0.2) is 8.78 Å². The van der Waals surface area contributed by atoms with Crippen molar-refractivity contribution < 1.29 is 8.78 Å². The fourth-order valence-electron chi connectivity index (χ4n) is 4.43. The van der Waals surface area contributed by atoms with Gasteiger partial charge in [0.2, 0.25) is 0 Å². The van der Waals surface area contributed by atoms with E-state index in [9.17, 15) is 8.78 Å². The average Bonchev–Trinajstić information content (AvgIpc) is 2.80. The van der Waals surface area contributed by atoms with E-state index in [-0.39, 0.29) is 22.7 Å². The topological polar surface area (TPSA) is 12.0 Å². The zero-order valence-corrected chi connectivity index (χ0v) is 11.8. The van der Waals surface area contributed by atoms with Crippen LogP contribution >= 0.6 is 0 Å². The van der Waals surface area contributed by atoms with Crippen LogP contribution in [0.3, 0.4) is 0 Å². The molecule has 0 saturated heterocycles. The molecule has 0 amide bonds. The van der Waals surface area contributed by atoms with Gasteiger partial charge in [0.25, 0.3) is 0 Å². The van der Waals surface area contributed by atoms with Crippen LogP contribution in [0.1, 0.15) is 40.0 Å². The third-order valence-electron chi connectivity index (χ3n) is 5.50. The molecule has 2 aliphatic rings. The second-order valence-electron chi connectivity index (χ2n) is 7.12. The maximum Gasteiger partial charge on any atom is 0.146 e. The molecule has 0 aliphatic heterocycles. The third kappa shape index (κ3) is 1.86. The quantitative estimate of drug-likeness (QED) is 0.824. The lowest BCUT2D eigenvalue weighted by Gasteiger charge is -2.43. The van der Waals surface area contributed by atoms with E-state index in [2.05, 4.69) is 26.1 Å². The van der Waals surface area contributed by atoms with Crippen molar-refractivity contribution in [1.82, 2.24) is 0 Å². The van der Waals surface area contributed by atoms with Gasteiger partial charge in [0.15, 0.2) is 0 Å². The number of halogens is 2. The maximum atomic E-state index is 13.8. The van der Waals surface area contributed by atoms with Gasteiger partial charge in [-0.3, -0.25) is 0 Å². The summed E-state index contributed by atoms with van der Waals surface area (Å²) >= 11 is 0.